The molecule has 29 heavy (non-hydrogen) atoms. The zero-order valence-corrected chi connectivity index (χ0v) is 16.8. The van der Waals surface area contributed by atoms with Gasteiger partial charge in [0.2, 0.25) is 5.89 Å². The van der Waals surface area contributed by atoms with E-state index in [9.17, 15) is 4.79 Å². The van der Waals surface area contributed by atoms with Crippen LogP contribution >= 0.6 is 11.3 Å². The second-order valence-corrected chi connectivity index (χ2v) is 8.07. The van der Waals surface area contributed by atoms with Crippen molar-refractivity contribution in [1.82, 2.24) is 14.5 Å². The van der Waals surface area contributed by atoms with Crippen molar-refractivity contribution in [3.63, 3.8) is 0 Å². The van der Waals surface area contributed by atoms with E-state index in [0.29, 0.717) is 23.0 Å². The van der Waals surface area contributed by atoms with Crippen molar-refractivity contribution in [3.05, 3.63) is 65.3 Å². The Morgan fingerprint density at radius 1 is 1.17 bits per heavy atom. The van der Waals surface area contributed by atoms with Gasteiger partial charge >= 0.3 is 0 Å². The minimum Gasteiger partial charge on any atom is -0.440 e. The Labute approximate surface area is 172 Å². The SMILES string of the molecule is Cc1oc(-c2cccs2)nc1C(=O)Nc1ccc(-c2cn3c(n2)CCCC3)cc1. The van der Waals surface area contributed by atoms with Crippen LogP contribution in [-0.2, 0) is 13.0 Å². The maximum absolute atomic E-state index is 12.7. The molecule has 6 nitrogen and oxygen atoms in total. The summed E-state index contributed by atoms with van der Waals surface area (Å²) < 4.78 is 7.91. The molecule has 0 atom stereocenters. The van der Waals surface area contributed by atoms with E-state index >= 15 is 0 Å². The molecule has 1 N–H and O–H groups in total. The summed E-state index contributed by atoms with van der Waals surface area (Å²) in [6.45, 7) is 2.80. The van der Waals surface area contributed by atoms with Crippen LogP contribution in [-0.4, -0.2) is 20.4 Å². The number of nitrogens with one attached hydrogen (secondary N) is 1. The van der Waals surface area contributed by atoms with Crippen LogP contribution in [0, 0.1) is 6.92 Å². The fourth-order valence-electron chi connectivity index (χ4n) is 3.58. The van der Waals surface area contributed by atoms with E-state index in [1.807, 2.05) is 41.8 Å². The standard InChI is InChI=1S/C22H20N4O2S/c1-14-20(25-22(28-14)18-5-4-12-29-18)21(27)23-16-9-7-15(8-10-16)17-13-26-11-3-2-6-19(26)24-17/h4-5,7-10,12-13H,2-3,6,11H2,1H3,(H,23,27). The van der Waals surface area contributed by atoms with Gasteiger partial charge in [-0.05, 0) is 43.3 Å². The number of fused-ring (bicyclic) bond motifs is 1. The number of oxazole rings is 1. The summed E-state index contributed by atoms with van der Waals surface area (Å²) in [5.74, 6) is 1.86. The number of rotatable bonds is 4. The largest absolute Gasteiger partial charge is 0.440 e. The van der Waals surface area contributed by atoms with Gasteiger partial charge in [-0.25, -0.2) is 9.97 Å². The highest BCUT2D eigenvalue weighted by Crippen LogP contribution is 2.27. The first kappa shape index (κ1) is 17.9. The van der Waals surface area contributed by atoms with Gasteiger partial charge in [0, 0.05) is 30.4 Å². The molecule has 1 amide bonds. The van der Waals surface area contributed by atoms with Crippen molar-refractivity contribution < 1.29 is 9.21 Å². The molecule has 4 heterocycles. The number of aromatic nitrogens is 3. The van der Waals surface area contributed by atoms with Crippen LogP contribution in [0.4, 0.5) is 5.69 Å². The van der Waals surface area contributed by atoms with Crippen molar-refractivity contribution in [1.29, 1.82) is 0 Å². The van der Waals surface area contributed by atoms with E-state index in [0.717, 1.165) is 34.9 Å². The van der Waals surface area contributed by atoms with Gasteiger partial charge in [-0.15, -0.1) is 11.3 Å². The van der Waals surface area contributed by atoms with Crippen molar-refractivity contribution in [3.8, 4) is 22.0 Å². The van der Waals surface area contributed by atoms with Gasteiger partial charge in [0.15, 0.2) is 5.69 Å². The van der Waals surface area contributed by atoms with Crippen molar-refractivity contribution in [2.75, 3.05) is 5.32 Å². The molecular formula is C22H20N4O2S. The van der Waals surface area contributed by atoms with Crippen molar-refractivity contribution in [2.24, 2.45) is 0 Å². The minimum atomic E-state index is -0.278. The zero-order valence-electron chi connectivity index (χ0n) is 16.0. The van der Waals surface area contributed by atoms with Crippen LogP contribution in [0.1, 0.15) is 34.9 Å². The molecule has 4 aromatic rings. The van der Waals surface area contributed by atoms with Crippen LogP contribution in [0.3, 0.4) is 0 Å². The van der Waals surface area contributed by atoms with Crippen LogP contribution in [0.2, 0.25) is 0 Å². The second-order valence-electron chi connectivity index (χ2n) is 7.13. The van der Waals surface area contributed by atoms with Gasteiger partial charge in [-0.3, -0.25) is 4.79 Å². The number of benzene rings is 1. The average molecular weight is 404 g/mol. The normalized spacial score (nSPS) is 13.3. The molecule has 0 saturated heterocycles. The third kappa shape index (κ3) is 3.49. The number of thiophene rings is 1. The molecule has 0 aliphatic carbocycles. The van der Waals surface area contributed by atoms with Crippen LogP contribution < -0.4 is 5.32 Å². The zero-order chi connectivity index (χ0) is 19.8. The number of hydrogen-bond acceptors (Lipinski definition) is 5. The smallest absolute Gasteiger partial charge is 0.277 e. The number of anilines is 1. The van der Waals surface area contributed by atoms with Gasteiger partial charge in [0.1, 0.15) is 11.6 Å². The lowest BCUT2D eigenvalue weighted by Crippen LogP contribution is -2.13. The molecule has 0 radical (unpaired) electrons. The first-order chi connectivity index (χ1) is 14.2. The Hall–Kier alpha value is -3.19. The molecule has 7 heteroatoms. The van der Waals surface area contributed by atoms with Gasteiger partial charge in [-0.2, -0.15) is 0 Å². The molecule has 146 valence electrons. The third-order valence-corrected chi connectivity index (χ3v) is 5.95. The molecule has 3 aromatic heterocycles. The summed E-state index contributed by atoms with van der Waals surface area (Å²) in [6.07, 6.45) is 5.58. The van der Waals surface area contributed by atoms with E-state index in [2.05, 4.69) is 21.1 Å². The minimum absolute atomic E-state index is 0.278. The van der Waals surface area contributed by atoms with E-state index in [4.69, 9.17) is 9.40 Å². The highest BCUT2D eigenvalue weighted by molar-refractivity contribution is 7.13. The maximum Gasteiger partial charge on any atom is 0.277 e. The fraction of sp³-hybridized carbons (Fsp3) is 0.227. The summed E-state index contributed by atoms with van der Waals surface area (Å²) in [5.41, 5.74) is 3.04. The number of aryl methyl sites for hydroxylation is 3. The highest BCUT2D eigenvalue weighted by atomic mass is 32.1. The summed E-state index contributed by atoms with van der Waals surface area (Å²) in [4.78, 5) is 22.7. The summed E-state index contributed by atoms with van der Waals surface area (Å²) in [6, 6.07) is 11.6. The summed E-state index contributed by atoms with van der Waals surface area (Å²) in [5, 5.41) is 4.85. The lowest BCUT2D eigenvalue weighted by molar-refractivity contribution is 0.102. The molecule has 0 spiro atoms. The first-order valence-electron chi connectivity index (χ1n) is 9.66. The van der Waals surface area contributed by atoms with Crippen LogP contribution in [0.25, 0.3) is 22.0 Å². The molecule has 0 fully saturated rings. The Morgan fingerprint density at radius 3 is 2.79 bits per heavy atom. The maximum atomic E-state index is 12.7. The Balaban J connectivity index is 1.32. The van der Waals surface area contributed by atoms with Crippen LogP contribution in [0.5, 0.6) is 0 Å². The van der Waals surface area contributed by atoms with E-state index in [1.165, 1.54) is 24.2 Å². The molecular weight excluding hydrogens is 384 g/mol. The quantitative estimate of drug-likeness (QED) is 0.510. The average Bonchev–Trinajstić information content (AvgIpc) is 3.47. The van der Waals surface area contributed by atoms with E-state index in [-0.39, 0.29) is 5.91 Å². The Morgan fingerprint density at radius 2 is 2.03 bits per heavy atom. The third-order valence-electron chi connectivity index (χ3n) is 5.09. The predicted molar refractivity (Wildman–Crippen MR) is 113 cm³/mol. The number of carbonyl (C=O) groups is 1. The van der Waals surface area contributed by atoms with E-state index in [1.54, 1.807) is 6.92 Å². The van der Waals surface area contributed by atoms with Gasteiger partial charge in [0.05, 0.1) is 10.6 Å². The number of amides is 1. The number of nitrogens with zero attached hydrogens (tertiary/aromatic N) is 3. The Kier molecular flexibility index (Phi) is 4.52. The van der Waals surface area contributed by atoms with Gasteiger partial charge in [0.25, 0.3) is 5.91 Å². The topological polar surface area (TPSA) is 73.0 Å². The van der Waals surface area contributed by atoms with Gasteiger partial charge in [-0.1, -0.05) is 18.2 Å². The summed E-state index contributed by atoms with van der Waals surface area (Å²) >= 11 is 1.53. The number of imidazole rings is 1. The highest BCUT2D eigenvalue weighted by Gasteiger charge is 2.19. The first-order valence-corrected chi connectivity index (χ1v) is 10.5. The molecule has 0 bridgehead atoms. The van der Waals surface area contributed by atoms with Crippen molar-refractivity contribution in [2.45, 2.75) is 32.7 Å². The van der Waals surface area contributed by atoms with E-state index < -0.39 is 0 Å². The Bertz CT molecular complexity index is 1130. The van der Waals surface area contributed by atoms with Gasteiger partial charge < -0.3 is 14.3 Å². The molecule has 1 aliphatic heterocycles. The molecule has 5 rings (SSSR count). The summed E-state index contributed by atoms with van der Waals surface area (Å²) in [7, 11) is 0. The lowest BCUT2D eigenvalue weighted by atomic mass is 10.1. The number of carbonyl (C=O) groups excluding carboxylic acids is 1. The predicted octanol–water partition coefficient (Wildman–Crippen LogP) is 5.16. The number of hydrogen-bond donors (Lipinski definition) is 1. The molecule has 1 aliphatic rings. The fourth-order valence-corrected chi connectivity index (χ4v) is 4.23. The second kappa shape index (κ2) is 7.33. The van der Waals surface area contributed by atoms with Crippen LogP contribution in [0.15, 0.2) is 52.4 Å². The monoisotopic (exact) mass is 404 g/mol. The van der Waals surface area contributed by atoms with Crippen molar-refractivity contribution >= 4 is 22.9 Å². The lowest BCUT2D eigenvalue weighted by Gasteiger charge is -2.11. The molecule has 1 aromatic carbocycles. The molecule has 0 saturated carbocycles. The molecule has 0 unspecified atom stereocenters.